The first kappa shape index (κ1) is 15.0. The van der Waals surface area contributed by atoms with Crippen LogP contribution in [0.2, 0.25) is 0 Å². The first-order valence-electron chi connectivity index (χ1n) is 6.21. The van der Waals surface area contributed by atoms with E-state index in [0.717, 1.165) is 12.8 Å². The van der Waals surface area contributed by atoms with E-state index in [1.165, 1.54) is 11.1 Å². The molecule has 0 saturated carbocycles. The zero-order valence-corrected chi connectivity index (χ0v) is 10.8. The number of aryl methyl sites for hydroxylation is 2. The third-order valence-corrected chi connectivity index (χ3v) is 3.21. The third-order valence-electron chi connectivity index (χ3n) is 3.21. The molecular formula is C14H20F3N. The van der Waals surface area contributed by atoms with Gasteiger partial charge in [-0.2, -0.15) is 13.2 Å². The van der Waals surface area contributed by atoms with E-state index in [4.69, 9.17) is 0 Å². The van der Waals surface area contributed by atoms with Gasteiger partial charge in [-0.3, -0.25) is 0 Å². The molecule has 1 N–H and O–H groups in total. The lowest BCUT2D eigenvalue weighted by Gasteiger charge is -2.17. The second-order valence-electron chi connectivity index (χ2n) is 4.60. The van der Waals surface area contributed by atoms with Crippen LogP contribution in [0.1, 0.15) is 30.4 Å². The summed E-state index contributed by atoms with van der Waals surface area (Å²) in [6, 6.07) is 7.92. The molecule has 1 aromatic rings. The largest absolute Gasteiger partial charge is 0.389 e. The molecule has 0 heterocycles. The number of alkyl halides is 3. The van der Waals surface area contributed by atoms with Crippen LogP contribution in [-0.2, 0) is 6.42 Å². The second kappa shape index (κ2) is 6.78. The molecule has 0 aliphatic heterocycles. The molecule has 18 heavy (non-hydrogen) atoms. The van der Waals surface area contributed by atoms with Crippen molar-refractivity contribution in [3.8, 4) is 0 Å². The molecule has 1 atom stereocenters. The fourth-order valence-electron chi connectivity index (χ4n) is 1.99. The molecule has 0 fully saturated rings. The van der Waals surface area contributed by atoms with Crippen molar-refractivity contribution in [1.29, 1.82) is 0 Å². The molecule has 1 unspecified atom stereocenters. The molecule has 0 saturated heterocycles. The summed E-state index contributed by atoms with van der Waals surface area (Å²) in [4.78, 5) is 0. The Kier molecular flexibility index (Phi) is 5.66. The van der Waals surface area contributed by atoms with Gasteiger partial charge in [-0.25, -0.2) is 0 Å². The molecule has 0 aromatic heterocycles. The van der Waals surface area contributed by atoms with Gasteiger partial charge in [-0.05, 0) is 44.4 Å². The molecule has 1 rings (SSSR count). The summed E-state index contributed by atoms with van der Waals surface area (Å²) in [6.07, 6.45) is -3.08. The smallest absolute Gasteiger partial charge is 0.317 e. The van der Waals surface area contributed by atoms with Gasteiger partial charge in [0.05, 0.1) is 0 Å². The molecule has 4 heteroatoms. The van der Waals surface area contributed by atoms with Crippen molar-refractivity contribution in [1.82, 2.24) is 5.32 Å². The van der Waals surface area contributed by atoms with Crippen molar-refractivity contribution >= 4 is 0 Å². The molecule has 0 spiro atoms. The summed E-state index contributed by atoms with van der Waals surface area (Å²) < 4.78 is 36.5. The van der Waals surface area contributed by atoms with E-state index in [0.29, 0.717) is 0 Å². The average molecular weight is 259 g/mol. The lowest BCUT2D eigenvalue weighted by Crippen LogP contribution is -2.27. The number of hydrogen-bond donors (Lipinski definition) is 1. The maximum Gasteiger partial charge on any atom is 0.389 e. The van der Waals surface area contributed by atoms with Crippen molar-refractivity contribution in [2.24, 2.45) is 0 Å². The van der Waals surface area contributed by atoms with Gasteiger partial charge in [0.25, 0.3) is 0 Å². The van der Waals surface area contributed by atoms with Crippen LogP contribution in [0.3, 0.4) is 0 Å². The van der Waals surface area contributed by atoms with Gasteiger partial charge in [-0.15, -0.1) is 0 Å². The maximum atomic E-state index is 12.2. The van der Waals surface area contributed by atoms with Gasteiger partial charge >= 0.3 is 6.18 Å². The summed E-state index contributed by atoms with van der Waals surface area (Å²) in [5.74, 6) is 0. The SMILES string of the molecule is CNC(CCc1ccccc1C)CCC(F)(F)F. The minimum absolute atomic E-state index is 0.0776. The van der Waals surface area contributed by atoms with Crippen LogP contribution in [0.25, 0.3) is 0 Å². The Morgan fingerprint density at radius 1 is 1.17 bits per heavy atom. The van der Waals surface area contributed by atoms with Crippen LogP contribution < -0.4 is 5.32 Å². The van der Waals surface area contributed by atoms with Crippen LogP contribution in [0.4, 0.5) is 13.2 Å². The normalized spacial score (nSPS) is 13.6. The number of hydrogen-bond acceptors (Lipinski definition) is 1. The summed E-state index contributed by atoms with van der Waals surface area (Å²) in [5.41, 5.74) is 2.41. The predicted octanol–water partition coefficient (Wildman–Crippen LogP) is 3.86. The number of rotatable bonds is 6. The highest BCUT2D eigenvalue weighted by molar-refractivity contribution is 5.25. The van der Waals surface area contributed by atoms with Gasteiger partial charge in [0.2, 0.25) is 0 Å². The highest BCUT2D eigenvalue weighted by Crippen LogP contribution is 2.23. The highest BCUT2D eigenvalue weighted by Gasteiger charge is 2.27. The maximum absolute atomic E-state index is 12.2. The Morgan fingerprint density at radius 3 is 2.39 bits per heavy atom. The molecular weight excluding hydrogens is 239 g/mol. The van der Waals surface area contributed by atoms with Gasteiger partial charge < -0.3 is 5.32 Å². The van der Waals surface area contributed by atoms with Crippen LogP contribution in [0, 0.1) is 6.92 Å². The Hall–Kier alpha value is -1.03. The number of benzene rings is 1. The highest BCUT2D eigenvalue weighted by atomic mass is 19.4. The molecule has 0 bridgehead atoms. The number of halogens is 3. The predicted molar refractivity (Wildman–Crippen MR) is 67.6 cm³/mol. The molecule has 0 aliphatic rings. The van der Waals surface area contributed by atoms with Crippen LogP contribution in [0.5, 0.6) is 0 Å². The van der Waals surface area contributed by atoms with E-state index in [-0.39, 0.29) is 12.5 Å². The van der Waals surface area contributed by atoms with Gasteiger partial charge in [0.15, 0.2) is 0 Å². The topological polar surface area (TPSA) is 12.0 Å². The average Bonchev–Trinajstić information content (AvgIpc) is 2.30. The van der Waals surface area contributed by atoms with E-state index in [1.54, 1.807) is 7.05 Å². The van der Waals surface area contributed by atoms with Crippen molar-refractivity contribution in [2.75, 3.05) is 7.05 Å². The molecule has 0 aliphatic carbocycles. The van der Waals surface area contributed by atoms with E-state index >= 15 is 0 Å². The van der Waals surface area contributed by atoms with E-state index in [9.17, 15) is 13.2 Å². The zero-order valence-electron chi connectivity index (χ0n) is 10.8. The quantitative estimate of drug-likeness (QED) is 0.818. The summed E-state index contributed by atoms with van der Waals surface area (Å²) in [7, 11) is 1.72. The second-order valence-corrected chi connectivity index (χ2v) is 4.60. The minimum Gasteiger partial charge on any atom is -0.317 e. The van der Waals surface area contributed by atoms with E-state index in [2.05, 4.69) is 5.32 Å². The molecule has 1 nitrogen and oxygen atoms in total. The van der Waals surface area contributed by atoms with Crippen LogP contribution >= 0.6 is 0 Å². The fourth-order valence-corrected chi connectivity index (χ4v) is 1.99. The Bertz CT molecular complexity index is 360. The zero-order chi connectivity index (χ0) is 13.6. The molecule has 0 amide bonds. The summed E-state index contributed by atoms with van der Waals surface area (Å²) in [6.45, 7) is 2.03. The third kappa shape index (κ3) is 5.54. The van der Waals surface area contributed by atoms with Crippen molar-refractivity contribution in [3.63, 3.8) is 0 Å². The van der Waals surface area contributed by atoms with Crippen molar-refractivity contribution in [3.05, 3.63) is 35.4 Å². The Balaban J connectivity index is 2.43. The monoisotopic (exact) mass is 259 g/mol. The summed E-state index contributed by atoms with van der Waals surface area (Å²) >= 11 is 0. The first-order valence-corrected chi connectivity index (χ1v) is 6.21. The van der Waals surface area contributed by atoms with Crippen molar-refractivity contribution < 1.29 is 13.2 Å². The van der Waals surface area contributed by atoms with Crippen molar-refractivity contribution in [2.45, 2.75) is 44.8 Å². The van der Waals surface area contributed by atoms with E-state index < -0.39 is 12.6 Å². The minimum atomic E-state index is -4.06. The molecule has 102 valence electrons. The van der Waals surface area contributed by atoms with E-state index in [1.807, 2.05) is 31.2 Å². The first-order chi connectivity index (χ1) is 8.42. The fraction of sp³-hybridized carbons (Fsp3) is 0.571. The van der Waals surface area contributed by atoms with Crippen LogP contribution in [-0.4, -0.2) is 19.3 Å². The Morgan fingerprint density at radius 2 is 1.83 bits per heavy atom. The molecule has 1 aromatic carbocycles. The summed E-state index contributed by atoms with van der Waals surface area (Å²) in [5, 5.41) is 2.96. The van der Waals surface area contributed by atoms with Gasteiger partial charge in [-0.1, -0.05) is 24.3 Å². The lowest BCUT2D eigenvalue weighted by molar-refractivity contribution is -0.136. The van der Waals surface area contributed by atoms with Gasteiger partial charge in [0, 0.05) is 12.5 Å². The van der Waals surface area contributed by atoms with Crippen LogP contribution in [0.15, 0.2) is 24.3 Å². The number of nitrogens with one attached hydrogen (secondary N) is 1. The molecule has 0 radical (unpaired) electrons. The standard InChI is InChI=1S/C14H20F3N/c1-11-5-3-4-6-12(11)7-8-13(18-2)9-10-14(15,16)17/h3-6,13,18H,7-10H2,1-2H3. The lowest BCUT2D eigenvalue weighted by atomic mass is 9.99. The Labute approximate surface area is 106 Å². The van der Waals surface area contributed by atoms with Gasteiger partial charge in [0.1, 0.15) is 0 Å².